The molecular formula is C13H24F2N2O. The van der Waals surface area contributed by atoms with Crippen LogP contribution in [0.5, 0.6) is 0 Å². The molecule has 106 valence electrons. The first-order valence-electron chi connectivity index (χ1n) is 6.66. The van der Waals surface area contributed by atoms with Crippen LogP contribution in [-0.4, -0.2) is 36.0 Å². The van der Waals surface area contributed by atoms with Crippen molar-refractivity contribution in [1.29, 1.82) is 0 Å². The van der Waals surface area contributed by atoms with Crippen LogP contribution in [0.3, 0.4) is 0 Å². The van der Waals surface area contributed by atoms with Gasteiger partial charge < -0.3 is 4.90 Å². The summed E-state index contributed by atoms with van der Waals surface area (Å²) in [6, 6.07) is -0.299. The molecule has 0 aromatic carbocycles. The van der Waals surface area contributed by atoms with Crippen LogP contribution in [0.25, 0.3) is 0 Å². The van der Waals surface area contributed by atoms with Crippen LogP contribution in [-0.2, 0) is 4.79 Å². The van der Waals surface area contributed by atoms with Gasteiger partial charge in [-0.25, -0.2) is 8.78 Å². The van der Waals surface area contributed by atoms with Gasteiger partial charge in [0, 0.05) is 0 Å². The van der Waals surface area contributed by atoms with E-state index in [2.05, 4.69) is 5.32 Å². The van der Waals surface area contributed by atoms with Crippen LogP contribution >= 0.6 is 0 Å². The van der Waals surface area contributed by atoms with E-state index in [-0.39, 0.29) is 18.1 Å². The Labute approximate surface area is 108 Å². The molecule has 1 aliphatic heterocycles. The Morgan fingerprint density at radius 2 is 1.72 bits per heavy atom. The van der Waals surface area contributed by atoms with E-state index in [4.69, 9.17) is 0 Å². The maximum absolute atomic E-state index is 12.5. The molecule has 1 amide bonds. The SMILES string of the molecule is CC(C)CC1NC(CC(C)C)N(CC(F)F)C1=O. The van der Waals surface area contributed by atoms with E-state index in [1.165, 1.54) is 4.90 Å². The predicted octanol–water partition coefficient (Wildman–Crippen LogP) is 2.47. The first kappa shape index (κ1) is 15.3. The second-order valence-corrected chi connectivity index (χ2v) is 5.88. The van der Waals surface area contributed by atoms with Gasteiger partial charge in [0.15, 0.2) is 0 Å². The molecule has 0 saturated carbocycles. The van der Waals surface area contributed by atoms with E-state index < -0.39 is 13.0 Å². The lowest BCUT2D eigenvalue weighted by atomic mass is 10.0. The average Bonchev–Trinajstić information content (AvgIpc) is 2.44. The summed E-state index contributed by atoms with van der Waals surface area (Å²) in [4.78, 5) is 13.4. The molecule has 1 saturated heterocycles. The number of halogens is 2. The molecule has 18 heavy (non-hydrogen) atoms. The molecular weight excluding hydrogens is 238 g/mol. The van der Waals surface area contributed by atoms with Gasteiger partial charge in [0.25, 0.3) is 6.43 Å². The number of nitrogens with zero attached hydrogens (tertiary/aromatic N) is 1. The van der Waals surface area contributed by atoms with Gasteiger partial charge in [-0.15, -0.1) is 0 Å². The Kier molecular flexibility index (Phi) is 5.50. The minimum absolute atomic E-state index is 0.172. The third-order valence-corrected chi connectivity index (χ3v) is 3.09. The smallest absolute Gasteiger partial charge is 0.255 e. The normalized spacial score (nSPS) is 24.9. The molecule has 1 fully saturated rings. The number of carbonyl (C=O) groups excluding carboxylic acids is 1. The fourth-order valence-corrected chi connectivity index (χ4v) is 2.40. The van der Waals surface area contributed by atoms with Crippen LogP contribution < -0.4 is 5.32 Å². The van der Waals surface area contributed by atoms with Crippen LogP contribution in [0.2, 0.25) is 0 Å². The second-order valence-electron chi connectivity index (χ2n) is 5.88. The minimum atomic E-state index is -2.47. The Balaban J connectivity index is 2.71. The highest BCUT2D eigenvalue weighted by atomic mass is 19.3. The Hall–Kier alpha value is -0.710. The molecule has 0 radical (unpaired) electrons. The molecule has 1 N–H and O–H groups in total. The molecule has 1 heterocycles. The van der Waals surface area contributed by atoms with Crippen LogP contribution in [0.1, 0.15) is 40.5 Å². The molecule has 0 spiro atoms. The standard InChI is InChI=1S/C13H24F2N2O/c1-8(2)5-10-13(18)17(7-11(14)15)12(16-10)6-9(3)4/h8-12,16H,5-7H2,1-4H3. The number of hydrogen-bond acceptors (Lipinski definition) is 2. The zero-order valence-corrected chi connectivity index (χ0v) is 11.6. The summed E-state index contributed by atoms with van der Waals surface area (Å²) in [6.07, 6.45) is -1.29. The molecule has 2 atom stereocenters. The minimum Gasteiger partial charge on any atom is -0.320 e. The summed E-state index contributed by atoms with van der Waals surface area (Å²) in [5, 5.41) is 3.20. The first-order chi connectivity index (χ1) is 8.31. The van der Waals surface area contributed by atoms with Gasteiger partial charge in [0.2, 0.25) is 5.91 Å². The molecule has 0 aliphatic carbocycles. The number of nitrogens with one attached hydrogen (secondary N) is 1. The molecule has 1 aliphatic rings. The maximum Gasteiger partial charge on any atom is 0.255 e. The topological polar surface area (TPSA) is 32.3 Å². The summed E-state index contributed by atoms with van der Waals surface area (Å²) in [6.45, 7) is 7.66. The number of rotatable bonds is 6. The van der Waals surface area contributed by atoms with Crippen molar-refractivity contribution in [3.05, 3.63) is 0 Å². The largest absolute Gasteiger partial charge is 0.320 e. The van der Waals surface area contributed by atoms with Crippen LogP contribution in [0.15, 0.2) is 0 Å². The lowest BCUT2D eigenvalue weighted by Gasteiger charge is -2.25. The maximum atomic E-state index is 12.5. The molecule has 2 unspecified atom stereocenters. The summed E-state index contributed by atoms with van der Waals surface area (Å²) < 4.78 is 25.1. The van der Waals surface area contributed by atoms with Gasteiger partial charge in [-0.3, -0.25) is 10.1 Å². The Morgan fingerprint density at radius 1 is 1.17 bits per heavy atom. The van der Waals surface area contributed by atoms with Gasteiger partial charge in [-0.2, -0.15) is 0 Å². The summed E-state index contributed by atoms with van der Waals surface area (Å²) in [5.74, 6) is 0.570. The highest BCUT2D eigenvalue weighted by molar-refractivity contribution is 5.84. The number of carbonyl (C=O) groups is 1. The molecule has 1 rings (SSSR count). The van der Waals surface area contributed by atoms with Crippen molar-refractivity contribution in [2.75, 3.05) is 6.54 Å². The highest BCUT2D eigenvalue weighted by Crippen LogP contribution is 2.22. The fraction of sp³-hybridized carbons (Fsp3) is 0.923. The second kappa shape index (κ2) is 6.45. The fourth-order valence-electron chi connectivity index (χ4n) is 2.40. The zero-order valence-electron chi connectivity index (χ0n) is 11.6. The number of amides is 1. The average molecular weight is 262 g/mol. The van der Waals surface area contributed by atoms with E-state index >= 15 is 0 Å². The summed E-state index contributed by atoms with van der Waals surface area (Å²) in [7, 11) is 0. The lowest BCUT2D eigenvalue weighted by Crippen LogP contribution is -2.41. The monoisotopic (exact) mass is 262 g/mol. The first-order valence-corrected chi connectivity index (χ1v) is 6.66. The molecule has 3 nitrogen and oxygen atoms in total. The number of alkyl halides is 2. The Bertz CT molecular complexity index is 282. The van der Waals surface area contributed by atoms with Crippen molar-refractivity contribution in [3.63, 3.8) is 0 Å². The lowest BCUT2D eigenvalue weighted by molar-refractivity contribution is -0.132. The van der Waals surface area contributed by atoms with E-state index in [9.17, 15) is 13.6 Å². The van der Waals surface area contributed by atoms with Gasteiger partial charge in [0.1, 0.15) is 0 Å². The summed E-state index contributed by atoms with van der Waals surface area (Å²) >= 11 is 0. The molecule has 5 heteroatoms. The van der Waals surface area contributed by atoms with Crippen molar-refractivity contribution in [2.45, 2.75) is 59.2 Å². The molecule has 0 bridgehead atoms. The molecule has 0 aromatic rings. The van der Waals surface area contributed by atoms with Crippen molar-refractivity contribution in [1.82, 2.24) is 10.2 Å². The van der Waals surface area contributed by atoms with Crippen LogP contribution in [0, 0.1) is 11.8 Å². The van der Waals surface area contributed by atoms with Crippen molar-refractivity contribution in [3.8, 4) is 0 Å². The predicted molar refractivity (Wildman–Crippen MR) is 67.3 cm³/mol. The zero-order chi connectivity index (χ0) is 13.9. The third kappa shape index (κ3) is 4.19. The highest BCUT2D eigenvalue weighted by Gasteiger charge is 2.39. The van der Waals surface area contributed by atoms with Gasteiger partial charge in [-0.1, -0.05) is 27.7 Å². The third-order valence-electron chi connectivity index (χ3n) is 3.09. The van der Waals surface area contributed by atoms with Gasteiger partial charge in [-0.05, 0) is 24.7 Å². The van der Waals surface area contributed by atoms with Crippen LogP contribution in [0.4, 0.5) is 8.78 Å². The van der Waals surface area contributed by atoms with Gasteiger partial charge >= 0.3 is 0 Å². The Morgan fingerprint density at radius 3 is 2.17 bits per heavy atom. The van der Waals surface area contributed by atoms with Crippen molar-refractivity contribution < 1.29 is 13.6 Å². The summed E-state index contributed by atoms with van der Waals surface area (Å²) in [5.41, 5.74) is 0. The number of hydrogen-bond donors (Lipinski definition) is 1. The van der Waals surface area contributed by atoms with E-state index in [0.29, 0.717) is 24.7 Å². The van der Waals surface area contributed by atoms with E-state index in [1.54, 1.807) is 0 Å². The molecule has 0 aromatic heterocycles. The van der Waals surface area contributed by atoms with Crippen molar-refractivity contribution >= 4 is 5.91 Å². The van der Waals surface area contributed by atoms with E-state index in [1.807, 2.05) is 27.7 Å². The van der Waals surface area contributed by atoms with E-state index in [0.717, 1.165) is 0 Å². The van der Waals surface area contributed by atoms with Crippen molar-refractivity contribution in [2.24, 2.45) is 11.8 Å². The quantitative estimate of drug-likeness (QED) is 0.797. The van der Waals surface area contributed by atoms with Gasteiger partial charge in [0.05, 0.1) is 18.8 Å².